The highest BCUT2D eigenvalue weighted by atomic mass is 35.5. The van der Waals surface area contributed by atoms with Gasteiger partial charge in [-0.2, -0.15) is 0 Å². The van der Waals surface area contributed by atoms with E-state index < -0.39 is 17.7 Å². The van der Waals surface area contributed by atoms with E-state index in [-0.39, 0.29) is 29.1 Å². The number of aliphatic hydroxyl groups excluding tert-OH is 1. The molecule has 31 heavy (non-hydrogen) atoms. The van der Waals surface area contributed by atoms with Crippen LogP contribution >= 0.6 is 11.6 Å². The van der Waals surface area contributed by atoms with Gasteiger partial charge in [0.1, 0.15) is 0 Å². The molecule has 0 spiro atoms. The topological polar surface area (TPSA) is 57.6 Å². The molecule has 1 aliphatic rings. The molecule has 5 heteroatoms. The van der Waals surface area contributed by atoms with Crippen molar-refractivity contribution in [3.8, 4) is 0 Å². The highest BCUT2D eigenvalue weighted by Gasteiger charge is 2.44. The Hall–Kier alpha value is -2.59. The van der Waals surface area contributed by atoms with Gasteiger partial charge in [0.25, 0.3) is 5.91 Å². The molecule has 1 unspecified atom stereocenters. The highest BCUT2D eigenvalue weighted by molar-refractivity contribution is 6.32. The minimum atomic E-state index is -0.704. The van der Waals surface area contributed by atoms with Gasteiger partial charge in [-0.15, -0.1) is 0 Å². The number of carbonyl (C=O) groups is 2. The highest BCUT2D eigenvalue weighted by Crippen LogP contribution is 2.44. The standard InChI is InChI=1S/C26H30ClNO3/c1-15(2)14-21(29)22-23(17-10-12-18(13-11-17)26(4,5)6)28(25(31)24(22)30)20-9-7-8-19(27)16(20)3/h7-13,15,23,30H,14H2,1-6H3. The zero-order chi connectivity index (χ0) is 23.1. The smallest absolute Gasteiger partial charge is 0.294 e. The average molecular weight is 440 g/mol. The molecule has 164 valence electrons. The maximum Gasteiger partial charge on any atom is 0.294 e. The molecule has 0 aliphatic carbocycles. The Morgan fingerprint density at radius 1 is 1.13 bits per heavy atom. The number of ketones is 1. The van der Waals surface area contributed by atoms with Crippen LogP contribution in [0.4, 0.5) is 5.69 Å². The molecular formula is C26H30ClNO3. The Labute approximate surface area is 189 Å². The number of benzene rings is 2. The molecular weight excluding hydrogens is 410 g/mol. The third-order valence-electron chi connectivity index (χ3n) is 5.69. The lowest BCUT2D eigenvalue weighted by molar-refractivity contribution is -0.118. The van der Waals surface area contributed by atoms with Gasteiger partial charge < -0.3 is 5.11 Å². The second kappa shape index (κ2) is 8.51. The van der Waals surface area contributed by atoms with E-state index in [9.17, 15) is 14.7 Å². The third-order valence-corrected chi connectivity index (χ3v) is 6.10. The molecule has 0 bridgehead atoms. The van der Waals surface area contributed by atoms with Crippen molar-refractivity contribution in [1.29, 1.82) is 0 Å². The van der Waals surface area contributed by atoms with Crippen LogP contribution in [0.1, 0.15) is 63.8 Å². The Kier molecular flexibility index (Phi) is 6.33. The fourth-order valence-corrected chi connectivity index (χ4v) is 4.13. The van der Waals surface area contributed by atoms with E-state index in [1.807, 2.05) is 45.0 Å². The number of rotatable bonds is 5. The Balaban J connectivity index is 2.18. The van der Waals surface area contributed by atoms with Crippen LogP contribution < -0.4 is 4.90 Å². The van der Waals surface area contributed by atoms with Crippen LogP contribution in [0, 0.1) is 12.8 Å². The number of aliphatic hydroxyl groups is 1. The fourth-order valence-electron chi connectivity index (χ4n) is 3.96. The summed E-state index contributed by atoms with van der Waals surface area (Å²) in [7, 11) is 0. The first-order valence-electron chi connectivity index (χ1n) is 10.6. The summed E-state index contributed by atoms with van der Waals surface area (Å²) in [5, 5.41) is 11.3. The number of hydrogen-bond acceptors (Lipinski definition) is 3. The van der Waals surface area contributed by atoms with Crippen LogP contribution in [0.3, 0.4) is 0 Å². The summed E-state index contributed by atoms with van der Waals surface area (Å²) in [6.07, 6.45) is 0.256. The molecule has 2 aromatic rings. The molecule has 3 rings (SSSR count). The quantitative estimate of drug-likeness (QED) is 0.581. The number of halogens is 1. The molecule has 0 saturated heterocycles. The number of nitrogens with zero attached hydrogens (tertiary/aromatic N) is 1. The van der Waals surface area contributed by atoms with Crippen molar-refractivity contribution in [3.05, 3.63) is 75.5 Å². The Bertz CT molecular complexity index is 1050. The zero-order valence-corrected chi connectivity index (χ0v) is 19.7. The lowest BCUT2D eigenvalue weighted by atomic mass is 9.85. The van der Waals surface area contributed by atoms with Crippen LogP contribution in [0.2, 0.25) is 5.02 Å². The van der Waals surface area contributed by atoms with Crippen LogP contribution in [0.15, 0.2) is 53.8 Å². The molecule has 0 fully saturated rings. The van der Waals surface area contributed by atoms with Gasteiger partial charge >= 0.3 is 0 Å². The third kappa shape index (κ3) is 4.40. The zero-order valence-electron chi connectivity index (χ0n) is 19.0. The van der Waals surface area contributed by atoms with Crippen molar-refractivity contribution >= 4 is 29.0 Å². The first-order valence-corrected chi connectivity index (χ1v) is 11.0. The summed E-state index contributed by atoms with van der Waals surface area (Å²) in [6.45, 7) is 12.1. The minimum absolute atomic E-state index is 0.0263. The van der Waals surface area contributed by atoms with Gasteiger partial charge in [0, 0.05) is 17.1 Å². The van der Waals surface area contributed by atoms with Gasteiger partial charge in [0.2, 0.25) is 0 Å². The molecule has 4 nitrogen and oxygen atoms in total. The predicted molar refractivity (Wildman–Crippen MR) is 126 cm³/mol. The van der Waals surface area contributed by atoms with Crippen LogP contribution in [-0.2, 0) is 15.0 Å². The molecule has 1 N–H and O–H groups in total. The second-order valence-corrected chi connectivity index (χ2v) is 10.0. The van der Waals surface area contributed by atoms with E-state index in [1.54, 1.807) is 18.2 Å². The molecule has 0 aromatic heterocycles. The molecule has 1 heterocycles. The number of Topliss-reactive ketones (excluding diaryl/α,β-unsaturated/α-hetero) is 1. The van der Waals surface area contributed by atoms with Crippen LogP contribution in [0.5, 0.6) is 0 Å². The average Bonchev–Trinajstić information content (AvgIpc) is 2.94. The van der Waals surface area contributed by atoms with Gasteiger partial charge in [0.05, 0.1) is 11.6 Å². The van der Waals surface area contributed by atoms with Crippen LogP contribution in [0.25, 0.3) is 0 Å². The van der Waals surface area contributed by atoms with Crippen molar-refractivity contribution in [1.82, 2.24) is 0 Å². The normalized spacial score (nSPS) is 17.1. The van der Waals surface area contributed by atoms with E-state index >= 15 is 0 Å². The van der Waals surface area contributed by atoms with Crippen molar-refractivity contribution < 1.29 is 14.7 Å². The largest absolute Gasteiger partial charge is 0.503 e. The summed E-state index contributed by atoms with van der Waals surface area (Å²) >= 11 is 6.33. The van der Waals surface area contributed by atoms with Gasteiger partial charge in [-0.1, -0.05) is 76.6 Å². The molecule has 1 amide bonds. The number of anilines is 1. The summed E-state index contributed by atoms with van der Waals surface area (Å²) in [4.78, 5) is 27.8. The maximum absolute atomic E-state index is 13.2. The van der Waals surface area contributed by atoms with Gasteiger partial charge in [-0.05, 0) is 47.1 Å². The summed E-state index contributed by atoms with van der Waals surface area (Å²) in [6, 6.07) is 12.5. The summed E-state index contributed by atoms with van der Waals surface area (Å²) in [5.41, 5.74) is 3.36. The Morgan fingerprint density at radius 3 is 2.29 bits per heavy atom. The van der Waals surface area contributed by atoms with Crippen molar-refractivity contribution in [2.24, 2.45) is 5.92 Å². The first-order chi connectivity index (χ1) is 14.4. The number of carbonyl (C=O) groups excluding carboxylic acids is 2. The maximum atomic E-state index is 13.2. The van der Waals surface area contributed by atoms with E-state index in [0.717, 1.165) is 16.7 Å². The lowest BCUT2D eigenvalue weighted by Crippen LogP contribution is -2.31. The fraction of sp³-hybridized carbons (Fsp3) is 0.385. The SMILES string of the molecule is Cc1c(Cl)cccc1N1C(=O)C(O)=C(C(=O)CC(C)C)C1c1ccc(C(C)(C)C)cc1. The second-order valence-electron chi connectivity index (χ2n) is 9.62. The van der Waals surface area contributed by atoms with Gasteiger partial charge in [-0.3, -0.25) is 14.5 Å². The van der Waals surface area contributed by atoms with Gasteiger partial charge in [0.15, 0.2) is 11.5 Å². The van der Waals surface area contributed by atoms with Gasteiger partial charge in [-0.25, -0.2) is 0 Å². The lowest BCUT2D eigenvalue weighted by Gasteiger charge is -2.29. The van der Waals surface area contributed by atoms with Crippen molar-refractivity contribution in [2.75, 3.05) is 4.90 Å². The first kappa shape index (κ1) is 23.1. The van der Waals surface area contributed by atoms with E-state index in [4.69, 9.17) is 11.6 Å². The monoisotopic (exact) mass is 439 g/mol. The molecule has 2 aromatic carbocycles. The molecule has 0 radical (unpaired) electrons. The molecule has 1 atom stereocenters. The van der Waals surface area contributed by atoms with E-state index in [1.165, 1.54) is 4.90 Å². The number of amides is 1. The summed E-state index contributed by atoms with van der Waals surface area (Å²) in [5.74, 6) is -1.17. The Morgan fingerprint density at radius 2 is 1.74 bits per heavy atom. The van der Waals surface area contributed by atoms with E-state index in [0.29, 0.717) is 10.7 Å². The minimum Gasteiger partial charge on any atom is -0.503 e. The van der Waals surface area contributed by atoms with Crippen molar-refractivity contribution in [2.45, 2.75) is 59.4 Å². The van der Waals surface area contributed by atoms with Crippen molar-refractivity contribution in [3.63, 3.8) is 0 Å². The molecule has 1 aliphatic heterocycles. The molecule has 0 saturated carbocycles. The summed E-state index contributed by atoms with van der Waals surface area (Å²) < 4.78 is 0. The van der Waals surface area contributed by atoms with Crippen LogP contribution in [-0.4, -0.2) is 16.8 Å². The number of hydrogen-bond donors (Lipinski definition) is 1. The predicted octanol–water partition coefficient (Wildman–Crippen LogP) is 6.46. The van der Waals surface area contributed by atoms with E-state index in [2.05, 4.69) is 20.8 Å².